The van der Waals surface area contributed by atoms with Crippen LogP contribution in [-0.2, 0) is 10.1 Å². The van der Waals surface area contributed by atoms with Crippen LogP contribution in [0.15, 0.2) is 0 Å². The first-order chi connectivity index (χ1) is 5.56. The molecule has 0 unspecified atom stereocenters. The van der Waals surface area contributed by atoms with Crippen molar-refractivity contribution in [1.29, 1.82) is 0 Å². The van der Waals surface area contributed by atoms with Gasteiger partial charge in [0.2, 0.25) is 0 Å². The average Bonchev–Trinajstić information content (AvgIpc) is 1.77. The van der Waals surface area contributed by atoms with E-state index in [0.717, 1.165) is 6.42 Å². The number of hydrogen-bond donors (Lipinski definition) is 1. The third kappa shape index (κ3) is 44.8. The van der Waals surface area contributed by atoms with Gasteiger partial charge in [0.25, 0.3) is 10.1 Å². The van der Waals surface area contributed by atoms with Gasteiger partial charge < -0.3 is 0 Å². The van der Waals surface area contributed by atoms with Crippen molar-refractivity contribution in [3.63, 3.8) is 0 Å². The first kappa shape index (κ1) is 16.1. The fourth-order valence-electron chi connectivity index (χ4n) is 0.327. The monoisotopic (exact) mass is 230 g/mol. The minimum atomic E-state index is -3.86. The molecular formula is C5H10F3NaO3S. The Balaban J connectivity index is 0. The van der Waals surface area contributed by atoms with Gasteiger partial charge in [-0.25, -0.2) is 0 Å². The Morgan fingerprint density at radius 3 is 1.77 bits per heavy atom. The van der Waals surface area contributed by atoms with E-state index >= 15 is 0 Å². The van der Waals surface area contributed by atoms with Crippen molar-refractivity contribution in [2.24, 2.45) is 0 Å². The van der Waals surface area contributed by atoms with Crippen LogP contribution in [0.1, 0.15) is 19.8 Å². The molecule has 0 aliphatic carbocycles. The topological polar surface area (TPSA) is 54.4 Å². The van der Waals surface area contributed by atoms with Crippen LogP contribution in [0.5, 0.6) is 0 Å². The van der Waals surface area contributed by atoms with Crippen LogP contribution >= 0.6 is 0 Å². The molecule has 0 saturated heterocycles. The van der Waals surface area contributed by atoms with E-state index in [1.54, 1.807) is 0 Å². The van der Waals surface area contributed by atoms with E-state index in [1.165, 1.54) is 0 Å². The Hall–Kier alpha value is 0.700. The van der Waals surface area contributed by atoms with E-state index in [9.17, 15) is 21.6 Å². The molecule has 0 aliphatic rings. The predicted octanol–water partition coefficient (Wildman–Crippen LogP) is 1.35. The summed E-state index contributed by atoms with van der Waals surface area (Å²) in [7, 11) is -3.69. The summed E-state index contributed by atoms with van der Waals surface area (Å²) in [4.78, 5) is 0. The first-order valence-electron chi connectivity index (χ1n) is 3.58. The molecule has 0 aromatic heterocycles. The molecule has 3 nitrogen and oxygen atoms in total. The van der Waals surface area contributed by atoms with Gasteiger partial charge in [0.05, 0.1) is 5.75 Å². The molecule has 0 aromatic carbocycles. The van der Waals surface area contributed by atoms with Crippen LogP contribution in [0.25, 0.3) is 0 Å². The summed E-state index contributed by atoms with van der Waals surface area (Å²) in [5.41, 5.74) is 0. The van der Waals surface area contributed by atoms with Crippen molar-refractivity contribution in [2.75, 3.05) is 5.75 Å². The van der Waals surface area contributed by atoms with Crippen molar-refractivity contribution in [3.05, 3.63) is 0 Å². The molecule has 0 aromatic rings. The second kappa shape index (κ2) is 7.05. The van der Waals surface area contributed by atoms with Gasteiger partial charge in [-0.1, -0.05) is 13.3 Å². The van der Waals surface area contributed by atoms with Gasteiger partial charge in [0, 0.05) is 0 Å². The van der Waals surface area contributed by atoms with Gasteiger partial charge >= 0.3 is 44.5 Å². The molecule has 0 spiro atoms. The van der Waals surface area contributed by atoms with Crippen molar-refractivity contribution < 1.29 is 26.1 Å². The first-order valence-corrected chi connectivity index (χ1v) is 6.19. The van der Waals surface area contributed by atoms with Crippen LogP contribution in [0.4, 0.5) is 13.2 Å². The molecule has 0 atom stereocenters. The van der Waals surface area contributed by atoms with Crippen LogP contribution in [0.2, 0.25) is 0 Å². The minimum absolute atomic E-state index is 0.108. The molecule has 1 N–H and O–H groups in total. The second-order valence-electron chi connectivity index (χ2n) is 2.42. The van der Waals surface area contributed by atoms with Gasteiger partial charge in [-0.2, -0.15) is 8.42 Å². The van der Waals surface area contributed by atoms with E-state index < -0.39 is 41.5 Å². The molecule has 13 heavy (non-hydrogen) atoms. The molecule has 76 valence electrons. The summed E-state index contributed by atoms with van der Waals surface area (Å²) >= 11 is -0.692. The van der Waals surface area contributed by atoms with Crippen molar-refractivity contribution in [2.45, 2.75) is 23.2 Å². The number of rotatable bonds is 3. The molecule has 0 heterocycles. The molecule has 8 heteroatoms. The van der Waals surface area contributed by atoms with Gasteiger partial charge in [0.15, 0.2) is 0 Å². The zero-order valence-corrected chi connectivity index (χ0v) is 10.2. The molecule has 0 radical (unpaired) electrons. The normalized spacial score (nSPS) is 11.9. The van der Waals surface area contributed by atoms with Crippen LogP contribution in [0, 0.1) is 0 Å². The maximum atomic E-state index is 10.4. The summed E-state index contributed by atoms with van der Waals surface area (Å²) in [5, 5.41) is 0. The van der Waals surface area contributed by atoms with Crippen molar-refractivity contribution in [3.8, 4) is 0 Å². The predicted molar refractivity (Wildman–Crippen MR) is 43.1 cm³/mol. The Bertz CT molecular complexity index is 206. The maximum absolute atomic E-state index is 10.4. The van der Waals surface area contributed by atoms with E-state index in [2.05, 4.69) is 0 Å². The van der Waals surface area contributed by atoms with E-state index in [-0.39, 0.29) is 5.75 Å². The summed E-state index contributed by atoms with van der Waals surface area (Å²) < 4.78 is 55.4. The Kier molecular flexibility index (Phi) is 8.76. The third-order valence-electron chi connectivity index (χ3n) is 0.756. The SMILES string of the molecule is CCCCS(=O)(=O)O.F[C](F)(F)[Na]. The van der Waals surface area contributed by atoms with Crippen molar-refractivity contribution in [1.82, 2.24) is 0 Å². The van der Waals surface area contributed by atoms with Gasteiger partial charge in [-0.15, -0.1) is 0 Å². The number of halogens is 3. The number of unbranched alkanes of at least 4 members (excludes halogenated alkanes) is 1. The number of hydrogen-bond acceptors (Lipinski definition) is 2. The van der Waals surface area contributed by atoms with Crippen molar-refractivity contribution >= 4 is 38.0 Å². The fourth-order valence-corrected chi connectivity index (χ4v) is 0.980. The Morgan fingerprint density at radius 2 is 1.69 bits per heavy atom. The zero-order chi connectivity index (χ0) is 11.1. The molecular weight excluding hydrogens is 220 g/mol. The van der Waals surface area contributed by atoms with E-state index in [0.29, 0.717) is 6.42 Å². The summed E-state index contributed by atoms with van der Waals surface area (Å²) in [6, 6.07) is 0. The quantitative estimate of drug-likeness (QED) is 0.588. The summed E-state index contributed by atoms with van der Waals surface area (Å²) in [5.74, 6) is -0.108. The molecule has 0 bridgehead atoms. The molecule has 0 fully saturated rings. The van der Waals surface area contributed by atoms with Crippen LogP contribution in [-0.4, -0.2) is 50.1 Å². The van der Waals surface area contributed by atoms with E-state index in [1.807, 2.05) is 6.92 Å². The molecule has 0 rings (SSSR count). The fraction of sp³-hybridized carbons (Fsp3) is 1.00. The van der Waals surface area contributed by atoms with Gasteiger partial charge in [0.1, 0.15) is 0 Å². The Morgan fingerprint density at radius 1 is 1.38 bits per heavy atom. The Labute approximate surface area is 92.9 Å². The van der Waals surface area contributed by atoms with Crippen LogP contribution < -0.4 is 0 Å². The van der Waals surface area contributed by atoms with Gasteiger partial charge in [-0.3, -0.25) is 4.55 Å². The molecule has 0 aliphatic heterocycles. The summed E-state index contributed by atoms with van der Waals surface area (Å²) in [6.45, 7) is 1.87. The molecule has 0 amide bonds. The zero-order valence-electron chi connectivity index (χ0n) is 7.43. The van der Waals surface area contributed by atoms with Gasteiger partial charge in [-0.05, 0) is 6.42 Å². The molecule has 0 saturated carbocycles. The van der Waals surface area contributed by atoms with E-state index in [4.69, 9.17) is 4.55 Å². The number of alkyl halides is 3. The third-order valence-corrected chi connectivity index (χ3v) is 1.56. The standard InChI is InChI=1S/C4H10O3S.CF3.Na/c1-2-3-4-8(5,6)7;2-1(3)4;/h2-4H2,1H3,(H,5,6,7);;. The summed E-state index contributed by atoms with van der Waals surface area (Å²) in [6.07, 6.45) is 1.33. The van der Waals surface area contributed by atoms with Crippen LogP contribution in [0.3, 0.4) is 0 Å². The second-order valence-corrected chi connectivity index (χ2v) is 5.13. The average molecular weight is 230 g/mol.